The third kappa shape index (κ3) is 2.32. The van der Waals surface area contributed by atoms with Gasteiger partial charge in [0.25, 0.3) is 0 Å². The van der Waals surface area contributed by atoms with Crippen LogP contribution < -0.4 is 10.6 Å². The zero-order chi connectivity index (χ0) is 13.3. The molecule has 1 atom stereocenters. The third-order valence-electron chi connectivity index (χ3n) is 4.37. The Hall–Kier alpha value is -1.55. The van der Waals surface area contributed by atoms with Crippen LogP contribution in [0.15, 0.2) is 24.3 Å². The highest BCUT2D eigenvalue weighted by atomic mass is 16.5. The van der Waals surface area contributed by atoms with E-state index in [-0.39, 0.29) is 17.6 Å². The van der Waals surface area contributed by atoms with E-state index >= 15 is 0 Å². The van der Waals surface area contributed by atoms with Crippen LogP contribution in [0.3, 0.4) is 0 Å². The highest BCUT2D eigenvalue weighted by molar-refractivity contribution is 5.87. The Kier molecular flexibility index (Phi) is 3.19. The molecule has 2 aliphatic rings. The van der Waals surface area contributed by atoms with Crippen LogP contribution >= 0.6 is 0 Å². The van der Waals surface area contributed by atoms with Gasteiger partial charge in [-0.3, -0.25) is 4.79 Å². The number of hydrogen-bond acceptors (Lipinski definition) is 3. The SMILES string of the molecule is COC1(CNC(=O)C2Cc3ccccc3N2)CCC1. The number of nitrogens with one attached hydrogen (secondary N) is 2. The van der Waals surface area contributed by atoms with Crippen molar-refractivity contribution in [3.63, 3.8) is 0 Å². The van der Waals surface area contributed by atoms with Gasteiger partial charge in [-0.1, -0.05) is 18.2 Å². The molecule has 19 heavy (non-hydrogen) atoms. The number of benzene rings is 1. The van der Waals surface area contributed by atoms with E-state index < -0.39 is 0 Å². The summed E-state index contributed by atoms with van der Waals surface area (Å²) in [5.74, 6) is 0.0690. The van der Waals surface area contributed by atoms with E-state index in [0.717, 1.165) is 24.9 Å². The molecule has 1 saturated carbocycles. The minimum absolute atomic E-state index is 0.0690. The summed E-state index contributed by atoms with van der Waals surface area (Å²) in [6, 6.07) is 7.94. The summed E-state index contributed by atoms with van der Waals surface area (Å²) < 4.78 is 5.51. The lowest BCUT2D eigenvalue weighted by atomic mass is 9.80. The van der Waals surface area contributed by atoms with Crippen molar-refractivity contribution in [2.45, 2.75) is 37.3 Å². The molecule has 1 fully saturated rings. The van der Waals surface area contributed by atoms with Crippen molar-refractivity contribution in [1.29, 1.82) is 0 Å². The van der Waals surface area contributed by atoms with Crippen molar-refractivity contribution in [1.82, 2.24) is 5.32 Å². The van der Waals surface area contributed by atoms with Crippen molar-refractivity contribution in [3.05, 3.63) is 29.8 Å². The zero-order valence-electron chi connectivity index (χ0n) is 11.2. The van der Waals surface area contributed by atoms with E-state index in [0.29, 0.717) is 6.54 Å². The first-order valence-corrected chi connectivity index (χ1v) is 6.90. The van der Waals surface area contributed by atoms with Gasteiger partial charge in [0, 0.05) is 25.8 Å². The summed E-state index contributed by atoms with van der Waals surface area (Å²) in [5.41, 5.74) is 2.18. The molecule has 4 nitrogen and oxygen atoms in total. The molecule has 4 heteroatoms. The fourth-order valence-electron chi connectivity index (χ4n) is 2.85. The summed E-state index contributed by atoms with van der Waals surface area (Å²) in [6.45, 7) is 0.622. The van der Waals surface area contributed by atoms with E-state index in [1.807, 2.05) is 18.2 Å². The zero-order valence-corrected chi connectivity index (χ0v) is 11.2. The van der Waals surface area contributed by atoms with Gasteiger partial charge in [0.1, 0.15) is 6.04 Å². The Balaban J connectivity index is 1.55. The van der Waals surface area contributed by atoms with Crippen LogP contribution in [-0.4, -0.2) is 31.2 Å². The number of para-hydroxylation sites is 1. The minimum Gasteiger partial charge on any atom is -0.376 e. The molecule has 1 unspecified atom stereocenters. The first kappa shape index (κ1) is 12.5. The van der Waals surface area contributed by atoms with Crippen LogP contribution in [0.5, 0.6) is 0 Å². The molecule has 1 aliphatic heterocycles. The number of ether oxygens (including phenoxy) is 1. The van der Waals surface area contributed by atoms with Gasteiger partial charge in [0.15, 0.2) is 0 Å². The molecule has 2 N–H and O–H groups in total. The predicted molar refractivity (Wildman–Crippen MR) is 74.2 cm³/mol. The molecule has 3 rings (SSSR count). The second-order valence-corrected chi connectivity index (χ2v) is 5.52. The molecule has 102 valence electrons. The van der Waals surface area contributed by atoms with Gasteiger partial charge in [-0.05, 0) is 30.9 Å². The quantitative estimate of drug-likeness (QED) is 0.866. The fraction of sp³-hybridized carbons (Fsp3) is 0.533. The molecular weight excluding hydrogens is 240 g/mol. The number of carbonyl (C=O) groups is 1. The van der Waals surface area contributed by atoms with Crippen molar-refractivity contribution in [3.8, 4) is 0 Å². The van der Waals surface area contributed by atoms with E-state index in [4.69, 9.17) is 4.74 Å². The number of rotatable bonds is 4. The number of amides is 1. The molecule has 1 aliphatic carbocycles. The number of methoxy groups -OCH3 is 1. The van der Waals surface area contributed by atoms with Crippen LogP contribution in [0.2, 0.25) is 0 Å². The Morgan fingerprint density at radius 1 is 1.47 bits per heavy atom. The maximum absolute atomic E-state index is 12.2. The monoisotopic (exact) mass is 260 g/mol. The smallest absolute Gasteiger partial charge is 0.242 e. The lowest BCUT2D eigenvalue weighted by Crippen LogP contribution is -2.51. The van der Waals surface area contributed by atoms with Crippen LogP contribution in [-0.2, 0) is 16.0 Å². The maximum atomic E-state index is 12.2. The second kappa shape index (κ2) is 4.85. The normalized spacial score (nSPS) is 23.1. The van der Waals surface area contributed by atoms with Crippen molar-refractivity contribution < 1.29 is 9.53 Å². The molecule has 1 aromatic rings. The fourth-order valence-corrected chi connectivity index (χ4v) is 2.85. The van der Waals surface area contributed by atoms with Crippen LogP contribution in [0.4, 0.5) is 5.69 Å². The molecule has 0 aromatic heterocycles. The molecule has 0 saturated heterocycles. The van der Waals surface area contributed by atoms with Crippen molar-refractivity contribution in [2.24, 2.45) is 0 Å². The molecule has 1 amide bonds. The first-order chi connectivity index (χ1) is 9.22. The van der Waals surface area contributed by atoms with Gasteiger partial charge in [-0.2, -0.15) is 0 Å². The predicted octanol–water partition coefficient (Wildman–Crippen LogP) is 1.71. The van der Waals surface area contributed by atoms with Gasteiger partial charge in [0.05, 0.1) is 5.60 Å². The lowest BCUT2D eigenvalue weighted by Gasteiger charge is -2.40. The van der Waals surface area contributed by atoms with Crippen LogP contribution in [0, 0.1) is 0 Å². The molecule has 0 radical (unpaired) electrons. The molecule has 0 bridgehead atoms. The van der Waals surface area contributed by atoms with Gasteiger partial charge < -0.3 is 15.4 Å². The van der Waals surface area contributed by atoms with E-state index in [9.17, 15) is 4.79 Å². The molecular formula is C15H20N2O2. The average molecular weight is 260 g/mol. The largest absolute Gasteiger partial charge is 0.376 e. The summed E-state index contributed by atoms with van der Waals surface area (Å²) in [7, 11) is 1.73. The Morgan fingerprint density at radius 2 is 2.26 bits per heavy atom. The molecule has 1 heterocycles. The number of carbonyl (C=O) groups excluding carboxylic acids is 1. The Labute approximate surface area is 113 Å². The second-order valence-electron chi connectivity index (χ2n) is 5.52. The van der Waals surface area contributed by atoms with Gasteiger partial charge in [0.2, 0.25) is 5.91 Å². The number of hydrogen-bond donors (Lipinski definition) is 2. The topological polar surface area (TPSA) is 50.4 Å². The van der Waals surface area contributed by atoms with Gasteiger partial charge in [-0.15, -0.1) is 0 Å². The van der Waals surface area contributed by atoms with E-state index in [1.54, 1.807) is 7.11 Å². The molecule has 1 aromatic carbocycles. The third-order valence-corrected chi connectivity index (χ3v) is 4.37. The summed E-state index contributed by atoms with van der Waals surface area (Å²) in [6.07, 6.45) is 4.04. The molecule has 0 spiro atoms. The van der Waals surface area contributed by atoms with Gasteiger partial charge >= 0.3 is 0 Å². The van der Waals surface area contributed by atoms with E-state index in [2.05, 4.69) is 16.7 Å². The van der Waals surface area contributed by atoms with Crippen molar-refractivity contribution >= 4 is 11.6 Å². The summed E-state index contributed by atoms with van der Waals surface area (Å²) in [4.78, 5) is 12.2. The van der Waals surface area contributed by atoms with Crippen LogP contribution in [0.1, 0.15) is 24.8 Å². The standard InChI is InChI=1S/C15H20N2O2/c1-19-15(7-4-8-15)10-16-14(18)13-9-11-5-2-3-6-12(11)17-13/h2-3,5-6,13,17H,4,7-10H2,1H3,(H,16,18). The summed E-state index contributed by atoms with van der Waals surface area (Å²) in [5, 5.41) is 6.30. The van der Waals surface area contributed by atoms with Crippen LogP contribution in [0.25, 0.3) is 0 Å². The first-order valence-electron chi connectivity index (χ1n) is 6.90. The summed E-state index contributed by atoms with van der Waals surface area (Å²) >= 11 is 0. The number of fused-ring (bicyclic) bond motifs is 1. The lowest BCUT2D eigenvalue weighted by molar-refractivity contribution is -0.125. The maximum Gasteiger partial charge on any atom is 0.242 e. The van der Waals surface area contributed by atoms with Gasteiger partial charge in [-0.25, -0.2) is 0 Å². The highest BCUT2D eigenvalue weighted by Gasteiger charge is 2.38. The average Bonchev–Trinajstić information content (AvgIpc) is 2.81. The Morgan fingerprint density at radius 3 is 2.89 bits per heavy atom. The Bertz CT molecular complexity index is 452. The van der Waals surface area contributed by atoms with Crippen molar-refractivity contribution in [2.75, 3.05) is 19.0 Å². The number of anilines is 1. The highest BCUT2D eigenvalue weighted by Crippen LogP contribution is 2.34. The van der Waals surface area contributed by atoms with E-state index in [1.165, 1.54) is 12.0 Å². The minimum atomic E-state index is -0.147.